The van der Waals surface area contributed by atoms with Crippen LogP contribution in [0.1, 0.15) is 0 Å². The Labute approximate surface area is 77.8 Å². The summed E-state index contributed by atoms with van der Waals surface area (Å²) < 4.78 is 33.9. The third-order valence-electron chi connectivity index (χ3n) is 0. The summed E-state index contributed by atoms with van der Waals surface area (Å²) in [5.74, 6) is 0. The number of hydrogen-bond donors (Lipinski definition) is 0. The molecule has 0 saturated heterocycles. The molecule has 0 aromatic heterocycles. The Bertz CT molecular complexity index is 67.1. The summed E-state index contributed by atoms with van der Waals surface area (Å²) in [7, 11) is -1.42. The van der Waals surface area contributed by atoms with Crippen LogP contribution >= 0.6 is 0 Å². The van der Waals surface area contributed by atoms with Crippen molar-refractivity contribution in [3.8, 4) is 0 Å². The van der Waals surface area contributed by atoms with Crippen LogP contribution in [0.4, 0.5) is 0 Å². The molecule has 48 valence electrons. The average Bonchev–Trinajstić information content (AvgIpc) is 1.39. The summed E-state index contributed by atoms with van der Waals surface area (Å²) >= 11 is -2.27. The van der Waals surface area contributed by atoms with Gasteiger partial charge >= 0.3 is 58.3 Å². The van der Waals surface area contributed by atoms with Gasteiger partial charge in [0.15, 0.2) is 0 Å². The van der Waals surface area contributed by atoms with Gasteiger partial charge in [-0.25, -0.2) is 0 Å². The van der Waals surface area contributed by atoms with Crippen LogP contribution in [0.3, 0.4) is 0 Å². The van der Waals surface area contributed by atoms with Crippen molar-refractivity contribution < 1.29 is 47.7 Å². The smallest absolute Gasteiger partial charge is 4.00 e. The Morgan fingerprint density at radius 1 is 1.00 bits per heavy atom. The predicted octanol–water partition coefficient (Wildman–Crippen LogP) is -1.48. The van der Waals surface area contributed by atoms with Crippen molar-refractivity contribution >= 4 is 30.4 Å². The van der Waals surface area contributed by atoms with E-state index in [0.717, 1.165) is 0 Å². The fraction of sp³-hybridized carbons (Fsp3) is 0. The maximum Gasteiger partial charge on any atom is 4.00 e. The monoisotopic (exact) mass is 292 g/mol. The van der Waals surface area contributed by atoms with E-state index >= 15 is 0 Å². The van der Waals surface area contributed by atoms with Crippen molar-refractivity contribution in [2.24, 2.45) is 0 Å². The first-order chi connectivity index (χ1) is 2.83. The zero-order chi connectivity index (χ0) is 5.41. The van der Waals surface area contributed by atoms with Gasteiger partial charge in [0.25, 0.3) is 0 Å². The summed E-state index contributed by atoms with van der Waals surface area (Å²) in [5, 5.41) is 0. The Kier molecular flexibility index (Phi) is 245. The van der Waals surface area contributed by atoms with E-state index in [2.05, 4.69) is 0 Å². The third-order valence-corrected chi connectivity index (χ3v) is 0. The molecule has 6 nitrogen and oxygen atoms in total. The van der Waals surface area contributed by atoms with E-state index in [9.17, 15) is 0 Å². The molecule has 0 aliphatic heterocycles. The topological polar surface area (TPSA) is 125 Å². The zero-order valence-corrected chi connectivity index (χ0v) is 9.37. The second-order valence-corrected chi connectivity index (χ2v) is 0.809. The minimum atomic E-state index is -2.27. The van der Waals surface area contributed by atoms with Crippen LogP contribution in [0.25, 0.3) is 0 Å². The fourth-order valence-corrected chi connectivity index (χ4v) is 0. The molecule has 0 N–H and O–H groups in total. The zero-order valence-electron chi connectivity index (χ0n) is 3.95. The van der Waals surface area contributed by atoms with Gasteiger partial charge in [-0.15, -0.1) is 0 Å². The summed E-state index contributed by atoms with van der Waals surface area (Å²) in [4.78, 5) is 0. The molecule has 0 aliphatic rings. The second-order valence-electron chi connectivity index (χ2n) is 0.167. The summed E-state index contributed by atoms with van der Waals surface area (Å²) in [6.07, 6.45) is 0. The van der Waals surface area contributed by atoms with E-state index in [1.165, 1.54) is 0 Å². The third kappa shape index (κ3) is 575. The Morgan fingerprint density at radius 2 is 1.00 bits per heavy atom. The van der Waals surface area contributed by atoms with Crippen molar-refractivity contribution in [2.75, 3.05) is 0 Å². The summed E-state index contributed by atoms with van der Waals surface area (Å²) in [6, 6.07) is 0. The normalized spacial score (nSPS) is 1.78. The molecular formula is O6SiSnTi. The quantitative estimate of drug-likeness (QED) is 0.504. The van der Waals surface area contributed by atoms with Crippen LogP contribution in [0, 0.1) is 0 Å². The minimum Gasteiger partial charge on any atom is 4.00 e. The largest absolute Gasteiger partial charge is 4.00 e. The van der Waals surface area contributed by atoms with E-state index in [1.807, 2.05) is 0 Å². The molecule has 0 aromatic rings. The van der Waals surface area contributed by atoms with Gasteiger partial charge in [0.05, 0.1) is 0 Å². The van der Waals surface area contributed by atoms with Crippen LogP contribution in [-0.4, -0.2) is 30.4 Å². The van der Waals surface area contributed by atoms with Crippen molar-refractivity contribution in [2.45, 2.75) is 0 Å². The molecule has 0 unspecified atom stereocenters. The van der Waals surface area contributed by atoms with Gasteiger partial charge in [-0.3, -0.25) is 8.92 Å². The van der Waals surface area contributed by atoms with Crippen molar-refractivity contribution in [1.29, 1.82) is 0 Å². The second kappa shape index (κ2) is 67.1. The molecule has 0 atom stereocenters. The summed E-state index contributed by atoms with van der Waals surface area (Å²) in [6.45, 7) is 0. The van der Waals surface area contributed by atoms with Gasteiger partial charge in [-0.2, -0.15) is 0 Å². The molecular weight excluding hydrogens is 291 g/mol. The average molecular weight is 291 g/mol. The van der Waals surface area contributed by atoms with Gasteiger partial charge in [-0.1, -0.05) is 0 Å². The molecule has 0 fully saturated rings. The van der Waals surface area contributed by atoms with Gasteiger partial charge in [-0.05, 0) is 0 Å². The van der Waals surface area contributed by atoms with E-state index in [4.69, 9.17) is 15.1 Å². The first-order valence-corrected chi connectivity index (χ1v) is 3.96. The van der Waals surface area contributed by atoms with E-state index in [-0.39, 0.29) is 32.7 Å². The van der Waals surface area contributed by atoms with E-state index in [0.29, 0.717) is 0 Å². The molecule has 0 heterocycles. The number of hydrogen-bond acceptors (Lipinski definition) is 4. The molecule has 9 heavy (non-hydrogen) atoms. The Hall–Kier alpha value is 0.850. The Morgan fingerprint density at radius 3 is 1.00 bits per heavy atom. The van der Waals surface area contributed by atoms with E-state index in [1.54, 1.807) is 0 Å². The fourth-order valence-electron chi connectivity index (χ4n) is 0. The molecule has 0 radical (unpaired) electrons. The van der Waals surface area contributed by atoms with Crippen molar-refractivity contribution in [3.63, 3.8) is 0 Å². The van der Waals surface area contributed by atoms with Gasteiger partial charge in [0, 0.05) is 0 Å². The van der Waals surface area contributed by atoms with Crippen molar-refractivity contribution in [1.82, 2.24) is 0 Å². The number of rotatable bonds is 0. The molecule has 9 heteroatoms. The Balaban J connectivity index is -0.00000000889. The molecule has 0 amide bonds. The van der Waals surface area contributed by atoms with Crippen LogP contribution in [-0.2, 0) is 47.7 Å². The maximum absolute atomic E-state index is 8.54. The van der Waals surface area contributed by atoms with Crippen molar-refractivity contribution in [3.05, 3.63) is 0 Å². The van der Waals surface area contributed by atoms with Crippen LogP contribution in [0.2, 0.25) is 0 Å². The maximum atomic E-state index is 8.54. The van der Waals surface area contributed by atoms with Crippen LogP contribution in [0.15, 0.2) is 0 Å². The molecule has 0 saturated carbocycles. The first kappa shape index (κ1) is 32.8. The standard InChI is InChI=1S/O2Si.4O.Sn.Ti/c1-3-2;;;;;;/q;;;2*-2;;+4. The molecule has 0 rings (SSSR count). The first-order valence-electron chi connectivity index (χ1n) is 0.816. The van der Waals surface area contributed by atoms with Gasteiger partial charge in [0.1, 0.15) is 0 Å². The minimum absolute atomic E-state index is 0. The van der Waals surface area contributed by atoms with E-state index < -0.39 is 30.4 Å². The molecule has 0 bridgehead atoms. The van der Waals surface area contributed by atoms with Gasteiger partial charge in [0.2, 0.25) is 0 Å². The predicted molar refractivity (Wildman–Crippen MR) is 15.6 cm³/mol. The molecule has 0 spiro atoms. The van der Waals surface area contributed by atoms with Gasteiger partial charge < -0.3 is 11.0 Å². The van der Waals surface area contributed by atoms with Crippen LogP contribution in [0.5, 0.6) is 0 Å². The SMILES string of the molecule is O=[Si]=O.[O-2].[O-2].[O]=[Sn]=[O].[Ti+4]. The molecule has 0 aliphatic carbocycles. The van der Waals surface area contributed by atoms with Crippen LogP contribution < -0.4 is 0 Å². The molecule has 0 aromatic carbocycles. The summed E-state index contributed by atoms with van der Waals surface area (Å²) in [5.41, 5.74) is 0.